The van der Waals surface area contributed by atoms with E-state index >= 15 is 0 Å². The monoisotopic (exact) mass is 438 g/mol. The maximum absolute atomic E-state index is 13.4. The lowest BCUT2D eigenvalue weighted by Crippen LogP contribution is -2.34. The molecule has 0 spiro atoms. The van der Waals surface area contributed by atoms with Crippen molar-refractivity contribution < 1.29 is 14.0 Å². The first-order valence-electron chi connectivity index (χ1n) is 9.06. The minimum atomic E-state index is -0.463. The number of rotatable bonds is 5. The number of benzene rings is 3. The van der Waals surface area contributed by atoms with E-state index in [0.29, 0.717) is 10.7 Å². The van der Waals surface area contributed by atoms with E-state index in [9.17, 15) is 14.0 Å². The molecule has 0 saturated carbocycles. The van der Waals surface area contributed by atoms with Crippen LogP contribution in [0.5, 0.6) is 0 Å². The zero-order valence-corrected chi connectivity index (χ0v) is 17.5. The molecule has 30 heavy (non-hydrogen) atoms. The standard InChI is InChI=1S/C23H16ClFN2O2S/c1-26(17-5-3-2-4-6-17)20-21(30-19-13-7-15(24)8-14-19)23(29)27(22(20)28)18-11-9-16(25)10-12-18/h2-14H,1H3. The minimum absolute atomic E-state index is 0.260. The van der Waals surface area contributed by atoms with Crippen molar-refractivity contribution in [1.29, 1.82) is 0 Å². The fourth-order valence-corrected chi connectivity index (χ4v) is 4.25. The van der Waals surface area contributed by atoms with Gasteiger partial charge in [-0.1, -0.05) is 41.6 Å². The number of halogens is 2. The minimum Gasteiger partial charge on any atom is -0.339 e. The molecule has 7 heteroatoms. The largest absolute Gasteiger partial charge is 0.339 e. The number of nitrogens with zero attached hydrogens (tertiary/aromatic N) is 2. The van der Waals surface area contributed by atoms with Crippen LogP contribution < -0.4 is 9.80 Å². The molecule has 4 nitrogen and oxygen atoms in total. The molecule has 2 amide bonds. The van der Waals surface area contributed by atoms with Gasteiger partial charge in [-0.3, -0.25) is 9.59 Å². The van der Waals surface area contributed by atoms with Crippen LogP contribution in [-0.4, -0.2) is 18.9 Å². The van der Waals surface area contributed by atoms with Crippen LogP contribution in [-0.2, 0) is 9.59 Å². The Kier molecular flexibility index (Phi) is 5.61. The zero-order chi connectivity index (χ0) is 21.3. The Hall–Kier alpha value is -3.09. The summed E-state index contributed by atoms with van der Waals surface area (Å²) in [5.41, 5.74) is 1.34. The van der Waals surface area contributed by atoms with Gasteiger partial charge in [-0.15, -0.1) is 0 Å². The van der Waals surface area contributed by atoms with Crippen molar-refractivity contribution in [3.05, 3.63) is 100 Å². The molecular weight excluding hydrogens is 423 g/mol. The number of hydrogen-bond donors (Lipinski definition) is 0. The summed E-state index contributed by atoms with van der Waals surface area (Å²) >= 11 is 7.16. The summed E-state index contributed by atoms with van der Waals surface area (Å²) in [7, 11) is 1.74. The summed E-state index contributed by atoms with van der Waals surface area (Å²) in [6.45, 7) is 0. The highest BCUT2D eigenvalue weighted by Crippen LogP contribution is 2.39. The lowest BCUT2D eigenvalue weighted by molar-refractivity contribution is -0.120. The third kappa shape index (κ3) is 3.84. The third-order valence-corrected chi connectivity index (χ3v) is 5.95. The molecule has 0 fully saturated rings. The number of thioether (sulfide) groups is 1. The van der Waals surface area contributed by atoms with Crippen molar-refractivity contribution in [1.82, 2.24) is 0 Å². The number of hydrogen-bond acceptors (Lipinski definition) is 4. The fourth-order valence-electron chi connectivity index (χ4n) is 3.11. The maximum atomic E-state index is 13.4. The van der Waals surface area contributed by atoms with E-state index < -0.39 is 17.6 Å². The Balaban J connectivity index is 1.78. The van der Waals surface area contributed by atoms with E-state index in [1.54, 1.807) is 36.2 Å². The highest BCUT2D eigenvalue weighted by molar-refractivity contribution is 8.04. The van der Waals surface area contributed by atoms with Crippen LogP contribution in [0.3, 0.4) is 0 Å². The highest BCUT2D eigenvalue weighted by atomic mass is 35.5. The Labute approximate surface area is 182 Å². The Morgan fingerprint density at radius 1 is 0.867 bits per heavy atom. The van der Waals surface area contributed by atoms with Crippen LogP contribution in [0.15, 0.2) is 94.4 Å². The molecule has 3 aromatic rings. The summed E-state index contributed by atoms with van der Waals surface area (Å²) in [6.07, 6.45) is 0. The normalized spacial score (nSPS) is 13.9. The molecule has 0 radical (unpaired) electrons. The van der Waals surface area contributed by atoms with Gasteiger partial charge >= 0.3 is 0 Å². The van der Waals surface area contributed by atoms with Crippen molar-refractivity contribution in [2.45, 2.75) is 4.90 Å². The summed E-state index contributed by atoms with van der Waals surface area (Å²) in [5, 5.41) is 0.580. The molecule has 1 aliphatic heterocycles. The number of carbonyl (C=O) groups excluding carboxylic acids is 2. The SMILES string of the molecule is CN(C1=C(Sc2ccc(Cl)cc2)C(=O)N(c2ccc(F)cc2)C1=O)c1ccccc1. The van der Waals surface area contributed by atoms with Gasteiger partial charge in [0.15, 0.2) is 0 Å². The van der Waals surface area contributed by atoms with E-state index in [-0.39, 0.29) is 10.6 Å². The van der Waals surface area contributed by atoms with Gasteiger partial charge in [0.1, 0.15) is 16.4 Å². The second-order valence-corrected chi connectivity index (χ2v) is 8.07. The molecule has 0 aliphatic carbocycles. The predicted octanol–water partition coefficient (Wildman–Crippen LogP) is 5.49. The average Bonchev–Trinajstić information content (AvgIpc) is 3.00. The lowest BCUT2D eigenvalue weighted by Gasteiger charge is -2.21. The van der Waals surface area contributed by atoms with Crippen molar-refractivity contribution >= 4 is 46.6 Å². The third-order valence-electron chi connectivity index (χ3n) is 4.62. The molecular formula is C23H16ClFN2O2S. The first kappa shape index (κ1) is 20.2. The number of amides is 2. The van der Waals surface area contributed by atoms with E-state index in [4.69, 9.17) is 11.6 Å². The van der Waals surface area contributed by atoms with Crippen LogP contribution in [0.25, 0.3) is 0 Å². The van der Waals surface area contributed by atoms with E-state index in [1.165, 1.54) is 36.0 Å². The highest BCUT2D eigenvalue weighted by Gasteiger charge is 2.42. The van der Waals surface area contributed by atoms with Crippen molar-refractivity contribution in [3.63, 3.8) is 0 Å². The molecule has 0 unspecified atom stereocenters. The topological polar surface area (TPSA) is 40.6 Å². The van der Waals surface area contributed by atoms with E-state index in [1.807, 2.05) is 30.3 Å². The summed E-state index contributed by atoms with van der Waals surface area (Å²) < 4.78 is 13.4. The Bertz CT molecular complexity index is 1130. The van der Waals surface area contributed by atoms with Gasteiger partial charge in [-0.05, 0) is 60.7 Å². The van der Waals surface area contributed by atoms with E-state index in [0.717, 1.165) is 15.5 Å². The molecule has 1 heterocycles. The number of para-hydroxylation sites is 1. The summed E-state index contributed by atoms with van der Waals surface area (Å²) in [6, 6.07) is 21.6. The fraction of sp³-hybridized carbons (Fsp3) is 0.0435. The van der Waals surface area contributed by atoms with Crippen molar-refractivity contribution in [2.24, 2.45) is 0 Å². The second-order valence-electron chi connectivity index (χ2n) is 6.55. The van der Waals surface area contributed by atoms with Gasteiger partial charge in [-0.25, -0.2) is 9.29 Å². The van der Waals surface area contributed by atoms with Crippen molar-refractivity contribution in [3.8, 4) is 0 Å². The molecule has 0 aromatic heterocycles. The molecule has 0 bridgehead atoms. The van der Waals surface area contributed by atoms with E-state index in [2.05, 4.69) is 0 Å². The molecule has 0 saturated heterocycles. The molecule has 1 aliphatic rings. The molecule has 0 atom stereocenters. The average molecular weight is 439 g/mol. The van der Waals surface area contributed by atoms with Crippen LogP contribution >= 0.6 is 23.4 Å². The first-order chi connectivity index (χ1) is 14.5. The van der Waals surface area contributed by atoms with Crippen LogP contribution in [0.2, 0.25) is 5.02 Å². The quantitative estimate of drug-likeness (QED) is 0.494. The molecule has 0 N–H and O–H groups in total. The number of imide groups is 1. The summed E-state index contributed by atoms with van der Waals surface area (Å²) in [4.78, 5) is 30.5. The summed E-state index contributed by atoms with van der Waals surface area (Å²) in [5.74, 6) is -1.36. The molecule has 4 rings (SSSR count). The van der Waals surface area contributed by atoms with Crippen molar-refractivity contribution in [2.75, 3.05) is 16.8 Å². The number of carbonyl (C=O) groups is 2. The van der Waals surface area contributed by atoms with Crippen LogP contribution in [0.4, 0.5) is 15.8 Å². The molecule has 3 aromatic carbocycles. The second kappa shape index (κ2) is 8.34. The predicted molar refractivity (Wildman–Crippen MR) is 118 cm³/mol. The van der Waals surface area contributed by atoms with Gasteiger partial charge in [0, 0.05) is 22.7 Å². The van der Waals surface area contributed by atoms with Crippen LogP contribution in [0, 0.1) is 5.82 Å². The van der Waals surface area contributed by atoms with Gasteiger partial charge < -0.3 is 4.90 Å². The molecule has 150 valence electrons. The Morgan fingerprint density at radius 2 is 1.50 bits per heavy atom. The van der Waals surface area contributed by atoms with Gasteiger partial charge in [0.05, 0.1) is 5.69 Å². The van der Waals surface area contributed by atoms with Gasteiger partial charge in [0.2, 0.25) is 0 Å². The van der Waals surface area contributed by atoms with Crippen LogP contribution in [0.1, 0.15) is 0 Å². The van der Waals surface area contributed by atoms with Gasteiger partial charge in [-0.2, -0.15) is 0 Å². The zero-order valence-electron chi connectivity index (χ0n) is 15.9. The lowest BCUT2D eigenvalue weighted by atomic mass is 10.2. The number of anilines is 2. The smallest absolute Gasteiger partial charge is 0.283 e. The maximum Gasteiger partial charge on any atom is 0.283 e. The van der Waals surface area contributed by atoms with Gasteiger partial charge in [0.25, 0.3) is 11.8 Å². The first-order valence-corrected chi connectivity index (χ1v) is 10.3. The number of likely N-dealkylation sites (N-methyl/N-ethyl adjacent to an activating group) is 1. The Morgan fingerprint density at radius 3 is 2.13 bits per heavy atom.